The SMILES string of the molecule is Cc1cc(Cc2ccccc2)cc(C(=O)O)c1.Cc1cc(N=Nc2ccccc2)cc(C(=O)O)c1.O=C(O)c1cc(C(=O)O)cc(C(=O)c2ccccc2)c1.O=C=O.O=C=O.O=C=O.O=C=O.O=C=O.O=C=O. The number of benzene rings is 6. The van der Waals surface area contributed by atoms with Gasteiger partial charge in [-0.3, -0.25) is 4.79 Å². The van der Waals surface area contributed by atoms with Crippen molar-refractivity contribution in [3.63, 3.8) is 0 Å². The van der Waals surface area contributed by atoms with Crippen LogP contribution in [0.15, 0.2) is 156 Å². The molecular weight excluding hydrogens is 965 g/mol. The Morgan fingerprint density at radius 2 is 0.658 bits per heavy atom. The second-order valence-corrected chi connectivity index (χ2v) is 12.7. The summed E-state index contributed by atoms with van der Waals surface area (Å²) in [6, 6.07) is 41.3. The quantitative estimate of drug-likeness (QED) is 0.0875. The van der Waals surface area contributed by atoms with E-state index in [0.717, 1.165) is 34.9 Å². The van der Waals surface area contributed by atoms with Crippen molar-refractivity contribution >= 4 is 77.9 Å². The lowest BCUT2D eigenvalue weighted by Gasteiger charge is -2.05. The van der Waals surface area contributed by atoms with Crippen LogP contribution < -0.4 is 0 Å². The zero-order valence-electron chi connectivity index (χ0n) is 37.7. The van der Waals surface area contributed by atoms with Crippen LogP contribution >= 0.6 is 0 Å². The summed E-state index contributed by atoms with van der Waals surface area (Å²) in [5, 5.41) is 44.0. The molecule has 4 N–H and O–H groups in total. The molecule has 0 aliphatic carbocycles. The minimum absolute atomic E-state index is 0.0356. The highest BCUT2D eigenvalue weighted by Gasteiger charge is 2.16. The van der Waals surface area contributed by atoms with E-state index in [1.165, 1.54) is 23.8 Å². The molecule has 0 heterocycles. The van der Waals surface area contributed by atoms with Gasteiger partial charge in [0.1, 0.15) is 0 Å². The van der Waals surface area contributed by atoms with Crippen molar-refractivity contribution in [2.75, 3.05) is 0 Å². The third-order valence-electron chi connectivity index (χ3n) is 7.71. The number of carboxylic acid groups (broad SMARTS) is 4. The monoisotopic (exact) mass is 1000 g/mol. The van der Waals surface area contributed by atoms with Crippen LogP contribution in [0.3, 0.4) is 0 Å². The predicted octanol–water partition coefficient (Wildman–Crippen LogP) is 6.21. The standard InChI is InChI=1S/C15H10O5.C15H14O2.C14H12N2O2.6CO2/c16-13(9-4-2-1-3-5-9)10-6-11(14(17)18)8-12(7-10)15(19)20;1-11-7-13(10-14(8-11)15(16)17)9-12-5-3-2-4-6-12;1-10-7-11(14(17)18)9-13(8-10)16-15-12-5-3-2-4-6-12;6*2-1-3/h1-8H,(H,17,18)(H,19,20);2-8,10H,9H2,1H3,(H,16,17);2-9H,1H3,(H,17,18);;;;;;. The summed E-state index contributed by atoms with van der Waals surface area (Å²) < 4.78 is 0. The topological polar surface area (TPSA) is 396 Å². The number of ketones is 1. The van der Waals surface area contributed by atoms with Crippen LogP contribution in [-0.4, -0.2) is 87.0 Å². The van der Waals surface area contributed by atoms with E-state index in [4.69, 9.17) is 78.0 Å². The average Bonchev–Trinajstić information content (AvgIpc) is 3.35. The van der Waals surface area contributed by atoms with E-state index in [2.05, 4.69) is 10.2 Å². The van der Waals surface area contributed by atoms with Crippen molar-refractivity contribution in [2.45, 2.75) is 20.3 Å². The van der Waals surface area contributed by atoms with Crippen LogP contribution in [0.5, 0.6) is 0 Å². The number of carbonyl (C=O) groups excluding carboxylic acids is 13. The van der Waals surface area contributed by atoms with E-state index in [1.807, 2.05) is 80.6 Å². The fourth-order valence-electron chi connectivity index (χ4n) is 5.24. The summed E-state index contributed by atoms with van der Waals surface area (Å²) in [6.45, 7) is 3.74. The molecular formula is C50H36N2O21. The minimum atomic E-state index is -1.28. The van der Waals surface area contributed by atoms with Gasteiger partial charge in [0.2, 0.25) is 0 Å². The van der Waals surface area contributed by atoms with Crippen LogP contribution in [0.4, 0.5) is 11.4 Å². The Hall–Kier alpha value is -11.2. The summed E-state index contributed by atoms with van der Waals surface area (Å²) in [5.41, 5.74) is 5.84. The Morgan fingerprint density at radius 3 is 1.05 bits per heavy atom. The maximum Gasteiger partial charge on any atom is 0.373 e. The Labute approximate surface area is 410 Å². The zero-order valence-corrected chi connectivity index (χ0v) is 37.7. The maximum absolute atomic E-state index is 12.2. The fourth-order valence-corrected chi connectivity index (χ4v) is 5.24. The van der Waals surface area contributed by atoms with Gasteiger partial charge >= 0.3 is 60.8 Å². The van der Waals surface area contributed by atoms with Crippen molar-refractivity contribution in [2.24, 2.45) is 10.2 Å². The largest absolute Gasteiger partial charge is 0.478 e. The van der Waals surface area contributed by atoms with Gasteiger partial charge in [0.15, 0.2) is 5.78 Å². The summed E-state index contributed by atoms with van der Waals surface area (Å²) >= 11 is 0. The molecule has 0 aliphatic heterocycles. The van der Waals surface area contributed by atoms with E-state index in [9.17, 15) is 24.0 Å². The summed E-state index contributed by atoms with van der Waals surface area (Å²) in [5.74, 6) is -4.82. The van der Waals surface area contributed by atoms with Gasteiger partial charge in [-0.1, -0.05) is 84.9 Å². The number of hydrogen-bond donors (Lipinski definition) is 4. The molecule has 0 unspecified atom stereocenters. The van der Waals surface area contributed by atoms with Crippen LogP contribution in [-0.2, 0) is 64.0 Å². The van der Waals surface area contributed by atoms with Crippen molar-refractivity contribution in [3.05, 3.63) is 201 Å². The van der Waals surface area contributed by atoms with Gasteiger partial charge in [0, 0.05) is 11.1 Å². The van der Waals surface area contributed by atoms with Crippen molar-refractivity contribution in [1.29, 1.82) is 0 Å². The smallest absolute Gasteiger partial charge is 0.373 e. The van der Waals surface area contributed by atoms with Crippen molar-refractivity contribution < 1.29 is 102 Å². The zero-order chi connectivity index (χ0) is 56.1. The van der Waals surface area contributed by atoms with Gasteiger partial charge in [0.25, 0.3) is 0 Å². The molecule has 0 atom stereocenters. The normalized spacial score (nSPS) is 8.41. The molecule has 6 rings (SSSR count). The van der Waals surface area contributed by atoms with E-state index in [-0.39, 0.29) is 59.2 Å². The van der Waals surface area contributed by atoms with Crippen molar-refractivity contribution in [1.82, 2.24) is 0 Å². The number of nitrogens with zero attached hydrogens (tertiary/aromatic N) is 2. The molecule has 73 heavy (non-hydrogen) atoms. The number of rotatable bonds is 10. The summed E-state index contributed by atoms with van der Waals surface area (Å²) in [6.07, 6.45) is 2.27. The first-order valence-corrected chi connectivity index (χ1v) is 19.1. The van der Waals surface area contributed by atoms with Crippen molar-refractivity contribution in [3.8, 4) is 0 Å². The molecule has 0 radical (unpaired) electrons. The van der Waals surface area contributed by atoms with Gasteiger partial charge in [-0.2, -0.15) is 67.8 Å². The maximum atomic E-state index is 12.2. The molecule has 23 heteroatoms. The Morgan fingerprint density at radius 1 is 0.342 bits per heavy atom. The van der Waals surface area contributed by atoms with E-state index >= 15 is 0 Å². The molecule has 0 bridgehead atoms. The molecule has 0 fully saturated rings. The minimum Gasteiger partial charge on any atom is -0.478 e. The van der Waals surface area contributed by atoms with Gasteiger partial charge in [0.05, 0.1) is 33.6 Å². The van der Waals surface area contributed by atoms with Gasteiger partial charge in [-0.05, 0) is 103 Å². The molecule has 0 spiro atoms. The lowest BCUT2D eigenvalue weighted by atomic mass is 9.98. The molecule has 0 saturated carbocycles. The lowest BCUT2D eigenvalue weighted by molar-refractivity contribution is -0.193. The predicted molar refractivity (Wildman–Crippen MR) is 236 cm³/mol. The Balaban J connectivity index is -0.000000864. The van der Waals surface area contributed by atoms with Crippen LogP contribution in [0, 0.1) is 13.8 Å². The molecule has 6 aromatic rings. The third kappa shape index (κ3) is 31.4. The first kappa shape index (κ1) is 66.0. The molecule has 6 aromatic carbocycles. The van der Waals surface area contributed by atoms with Gasteiger partial charge in [-0.15, -0.1) is 0 Å². The highest BCUT2D eigenvalue weighted by Crippen LogP contribution is 2.21. The number of azo groups is 1. The van der Waals surface area contributed by atoms with E-state index in [0.29, 0.717) is 16.8 Å². The second kappa shape index (κ2) is 41.0. The van der Waals surface area contributed by atoms with E-state index < -0.39 is 29.7 Å². The molecule has 0 aliphatic rings. The molecule has 372 valence electrons. The fraction of sp³-hybridized carbons (Fsp3) is 0.0600. The molecule has 0 aromatic heterocycles. The van der Waals surface area contributed by atoms with E-state index in [1.54, 1.807) is 54.6 Å². The highest BCUT2D eigenvalue weighted by atomic mass is 16.4. The third-order valence-corrected chi connectivity index (χ3v) is 7.71. The first-order valence-electron chi connectivity index (χ1n) is 19.1. The van der Waals surface area contributed by atoms with Crippen LogP contribution in [0.2, 0.25) is 0 Å². The molecule has 23 nitrogen and oxygen atoms in total. The first-order chi connectivity index (χ1) is 34.8. The van der Waals surface area contributed by atoms with Gasteiger partial charge in [-0.25, -0.2) is 19.2 Å². The number of aryl methyl sites for hydroxylation is 2. The second-order valence-electron chi connectivity index (χ2n) is 12.7. The molecule has 0 saturated heterocycles. The number of carboxylic acids is 4. The Bertz CT molecular complexity index is 2830. The van der Waals surface area contributed by atoms with Crippen LogP contribution in [0.25, 0.3) is 0 Å². The van der Waals surface area contributed by atoms with Gasteiger partial charge < -0.3 is 20.4 Å². The number of aromatic carboxylic acids is 4. The number of hydrogen-bond acceptors (Lipinski definition) is 19. The number of carbonyl (C=O) groups is 5. The highest BCUT2D eigenvalue weighted by molar-refractivity contribution is 6.11. The summed E-state index contributed by atoms with van der Waals surface area (Å²) in [7, 11) is 0. The summed E-state index contributed by atoms with van der Waals surface area (Å²) in [4.78, 5) is 154. The Kier molecular flexibility index (Phi) is 37.1. The lowest BCUT2D eigenvalue weighted by Crippen LogP contribution is -2.08. The van der Waals surface area contributed by atoms with Crippen LogP contribution in [0.1, 0.15) is 79.6 Å². The molecule has 0 amide bonds. The average molecular weight is 1000 g/mol.